The average Bonchev–Trinajstić information content (AvgIpc) is 2.92. The number of nitrogens with zero attached hydrogens (tertiary/aromatic N) is 2. The van der Waals surface area contributed by atoms with Crippen molar-refractivity contribution in [1.29, 1.82) is 0 Å². The lowest BCUT2D eigenvalue weighted by molar-refractivity contribution is 0.212. The van der Waals surface area contributed by atoms with Gasteiger partial charge in [-0.2, -0.15) is 5.10 Å². The van der Waals surface area contributed by atoms with Crippen LogP contribution in [-0.2, 0) is 13.0 Å². The predicted octanol–water partition coefficient (Wildman–Crippen LogP) is 3.25. The van der Waals surface area contributed by atoms with Gasteiger partial charge in [0.25, 0.3) is 0 Å². The maximum Gasteiger partial charge on any atom is 0.0522 e. The third kappa shape index (κ3) is 3.82. The summed E-state index contributed by atoms with van der Waals surface area (Å²) in [5.41, 5.74) is 1.37. The summed E-state index contributed by atoms with van der Waals surface area (Å²) in [4.78, 5) is 0. The summed E-state index contributed by atoms with van der Waals surface area (Å²) in [5, 5.41) is 7.94. The normalized spacial score (nSPS) is 25.4. The molecule has 0 aliphatic heterocycles. The quantitative estimate of drug-likeness (QED) is 0.854. The average molecular weight is 263 g/mol. The summed E-state index contributed by atoms with van der Waals surface area (Å²) in [6.45, 7) is 5.44. The first-order valence-electron chi connectivity index (χ1n) is 7.95. The topological polar surface area (TPSA) is 29.9 Å². The number of aromatic nitrogens is 2. The van der Waals surface area contributed by atoms with E-state index in [0.717, 1.165) is 24.8 Å². The fourth-order valence-corrected chi connectivity index (χ4v) is 3.51. The van der Waals surface area contributed by atoms with E-state index in [0.29, 0.717) is 6.04 Å². The van der Waals surface area contributed by atoms with Crippen LogP contribution in [0, 0.1) is 11.8 Å². The smallest absolute Gasteiger partial charge is 0.0522 e. The van der Waals surface area contributed by atoms with E-state index in [2.05, 4.69) is 37.5 Å². The molecule has 1 aromatic rings. The Morgan fingerprint density at radius 3 is 2.89 bits per heavy atom. The van der Waals surface area contributed by atoms with Gasteiger partial charge in [-0.3, -0.25) is 4.68 Å². The van der Waals surface area contributed by atoms with E-state index < -0.39 is 0 Å². The third-order valence-electron chi connectivity index (χ3n) is 4.81. The number of rotatable bonds is 6. The predicted molar refractivity (Wildman–Crippen MR) is 80.2 cm³/mol. The molecule has 1 aromatic heterocycles. The van der Waals surface area contributed by atoms with Crippen molar-refractivity contribution in [2.45, 2.75) is 65.0 Å². The summed E-state index contributed by atoms with van der Waals surface area (Å²) in [5.74, 6) is 1.79. The summed E-state index contributed by atoms with van der Waals surface area (Å²) < 4.78 is 2.03. The van der Waals surface area contributed by atoms with Gasteiger partial charge in [-0.05, 0) is 50.6 Å². The minimum absolute atomic E-state index is 0.615. The van der Waals surface area contributed by atoms with E-state index in [1.165, 1.54) is 37.7 Å². The zero-order chi connectivity index (χ0) is 13.7. The van der Waals surface area contributed by atoms with Gasteiger partial charge >= 0.3 is 0 Å². The van der Waals surface area contributed by atoms with Crippen LogP contribution in [0.4, 0.5) is 0 Å². The number of hydrogen-bond acceptors (Lipinski definition) is 2. The fraction of sp³-hybridized carbons (Fsp3) is 0.812. The van der Waals surface area contributed by atoms with Crippen LogP contribution in [0.3, 0.4) is 0 Å². The van der Waals surface area contributed by atoms with Crippen molar-refractivity contribution < 1.29 is 0 Å². The number of aryl methyl sites for hydroxylation is 1. The van der Waals surface area contributed by atoms with Gasteiger partial charge in [0.15, 0.2) is 0 Å². The van der Waals surface area contributed by atoms with Gasteiger partial charge in [0.05, 0.1) is 6.20 Å². The molecule has 1 saturated carbocycles. The Hall–Kier alpha value is -0.830. The molecule has 108 valence electrons. The molecule has 3 heteroatoms. The van der Waals surface area contributed by atoms with Gasteiger partial charge < -0.3 is 5.32 Å². The number of likely N-dealkylation sites (N-methyl/N-ethyl adjacent to an activating group) is 1. The van der Waals surface area contributed by atoms with Gasteiger partial charge in [0.2, 0.25) is 0 Å². The molecule has 1 aliphatic rings. The van der Waals surface area contributed by atoms with Crippen LogP contribution < -0.4 is 5.32 Å². The Morgan fingerprint density at radius 1 is 1.42 bits per heavy atom. The lowest BCUT2D eigenvalue weighted by atomic mass is 9.75. The van der Waals surface area contributed by atoms with Crippen LogP contribution in [-0.4, -0.2) is 22.9 Å². The molecule has 0 radical (unpaired) electrons. The molecule has 1 N–H and O–H groups in total. The van der Waals surface area contributed by atoms with Crippen molar-refractivity contribution in [3.63, 3.8) is 0 Å². The summed E-state index contributed by atoms with van der Waals surface area (Å²) >= 11 is 0. The molecular formula is C16H29N3. The highest BCUT2D eigenvalue weighted by Gasteiger charge is 2.27. The molecule has 0 spiro atoms. The van der Waals surface area contributed by atoms with E-state index in [1.807, 2.05) is 10.9 Å². The van der Waals surface area contributed by atoms with E-state index in [4.69, 9.17) is 0 Å². The summed E-state index contributed by atoms with van der Waals surface area (Å²) in [6.07, 6.45) is 12.4. The van der Waals surface area contributed by atoms with Crippen LogP contribution in [0.15, 0.2) is 12.4 Å². The van der Waals surface area contributed by atoms with Gasteiger partial charge in [0.1, 0.15) is 0 Å². The van der Waals surface area contributed by atoms with Crippen molar-refractivity contribution in [1.82, 2.24) is 15.1 Å². The minimum Gasteiger partial charge on any atom is -0.316 e. The zero-order valence-corrected chi connectivity index (χ0v) is 12.7. The highest BCUT2D eigenvalue weighted by molar-refractivity contribution is 5.07. The third-order valence-corrected chi connectivity index (χ3v) is 4.81. The van der Waals surface area contributed by atoms with Crippen LogP contribution >= 0.6 is 0 Å². The monoisotopic (exact) mass is 263 g/mol. The fourth-order valence-electron chi connectivity index (χ4n) is 3.51. The SMILES string of the molecule is CCC1CCCC(C(Cc2cnn(CC)c2)NC)C1. The van der Waals surface area contributed by atoms with E-state index in [9.17, 15) is 0 Å². The molecule has 3 nitrogen and oxygen atoms in total. The van der Waals surface area contributed by atoms with Crippen molar-refractivity contribution in [2.24, 2.45) is 11.8 Å². The Bertz CT molecular complexity index is 372. The Labute approximate surface area is 117 Å². The standard InChI is InChI=1S/C16H29N3/c1-4-13-7-6-8-15(9-13)16(17-3)10-14-11-18-19(5-2)12-14/h11-13,15-17H,4-10H2,1-3H3. The number of nitrogens with one attached hydrogen (secondary N) is 1. The van der Waals surface area contributed by atoms with Crippen molar-refractivity contribution in [3.8, 4) is 0 Å². The molecule has 0 aromatic carbocycles. The van der Waals surface area contributed by atoms with Gasteiger partial charge in [-0.25, -0.2) is 0 Å². The highest BCUT2D eigenvalue weighted by atomic mass is 15.3. The molecule has 3 unspecified atom stereocenters. The molecule has 1 aliphatic carbocycles. The van der Waals surface area contributed by atoms with E-state index in [-0.39, 0.29) is 0 Å². The van der Waals surface area contributed by atoms with Crippen LogP contribution in [0.5, 0.6) is 0 Å². The van der Waals surface area contributed by atoms with Gasteiger partial charge in [-0.15, -0.1) is 0 Å². The largest absolute Gasteiger partial charge is 0.316 e. The second-order valence-corrected chi connectivity index (χ2v) is 6.00. The Morgan fingerprint density at radius 2 is 2.26 bits per heavy atom. The second-order valence-electron chi connectivity index (χ2n) is 6.00. The maximum absolute atomic E-state index is 4.39. The number of hydrogen-bond donors (Lipinski definition) is 1. The molecule has 0 saturated heterocycles. The van der Waals surface area contributed by atoms with Crippen LogP contribution in [0.25, 0.3) is 0 Å². The molecule has 1 heterocycles. The second kappa shape index (κ2) is 7.09. The first-order valence-corrected chi connectivity index (χ1v) is 7.95. The van der Waals surface area contributed by atoms with Crippen molar-refractivity contribution in [3.05, 3.63) is 18.0 Å². The molecule has 0 bridgehead atoms. The lowest BCUT2D eigenvalue weighted by Gasteiger charge is -2.34. The van der Waals surface area contributed by atoms with E-state index >= 15 is 0 Å². The highest BCUT2D eigenvalue weighted by Crippen LogP contribution is 2.33. The van der Waals surface area contributed by atoms with Gasteiger partial charge in [-0.1, -0.05) is 26.2 Å². The first kappa shape index (κ1) is 14.6. The van der Waals surface area contributed by atoms with Gasteiger partial charge in [0, 0.05) is 18.8 Å². The zero-order valence-electron chi connectivity index (χ0n) is 12.7. The minimum atomic E-state index is 0.615. The molecule has 0 amide bonds. The van der Waals surface area contributed by atoms with Crippen LogP contribution in [0.2, 0.25) is 0 Å². The Balaban J connectivity index is 1.95. The summed E-state index contributed by atoms with van der Waals surface area (Å²) in [6, 6.07) is 0.615. The molecule has 1 fully saturated rings. The van der Waals surface area contributed by atoms with Crippen molar-refractivity contribution in [2.75, 3.05) is 7.05 Å². The summed E-state index contributed by atoms with van der Waals surface area (Å²) in [7, 11) is 2.12. The van der Waals surface area contributed by atoms with E-state index in [1.54, 1.807) is 0 Å². The first-order chi connectivity index (χ1) is 9.26. The maximum atomic E-state index is 4.39. The lowest BCUT2D eigenvalue weighted by Crippen LogP contribution is -2.38. The van der Waals surface area contributed by atoms with Crippen molar-refractivity contribution >= 4 is 0 Å². The van der Waals surface area contributed by atoms with Crippen LogP contribution in [0.1, 0.15) is 51.5 Å². The molecule has 19 heavy (non-hydrogen) atoms. The Kier molecular flexibility index (Phi) is 5.44. The molecule has 3 atom stereocenters. The molecule has 2 rings (SSSR count). The molecular weight excluding hydrogens is 234 g/mol.